The summed E-state index contributed by atoms with van der Waals surface area (Å²) in [5, 5.41) is 10.6. The average Bonchev–Trinajstić information content (AvgIpc) is 3.10. The fourth-order valence-corrected chi connectivity index (χ4v) is 4.04. The number of nitrogens with zero attached hydrogens (tertiary/aromatic N) is 1. The lowest BCUT2D eigenvalue weighted by atomic mass is 9.96. The van der Waals surface area contributed by atoms with Gasteiger partial charge in [-0.2, -0.15) is 11.3 Å². The highest BCUT2D eigenvalue weighted by Crippen LogP contribution is 2.32. The molecule has 0 amide bonds. The number of nitrogens with one attached hydrogen (secondary N) is 1. The molecule has 1 aliphatic heterocycles. The Kier molecular flexibility index (Phi) is 3.94. The highest BCUT2D eigenvalue weighted by atomic mass is 32.1. The molecule has 0 aliphatic carbocycles. The molecule has 4 rings (SSSR count). The number of rotatable bonds is 3. The van der Waals surface area contributed by atoms with Crippen LogP contribution >= 0.6 is 11.3 Å². The topological polar surface area (TPSA) is 15.3 Å². The van der Waals surface area contributed by atoms with Crippen molar-refractivity contribution in [3.05, 3.63) is 70.4 Å². The van der Waals surface area contributed by atoms with Gasteiger partial charge in [-0.15, -0.1) is 0 Å². The van der Waals surface area contributed by atoms with Gasteiger partial charge >= 0.3 is 0 Å². The molecule has 0 bridgehead atoms. The van der Waals surface area contributed by atoms with Crippen LogP contribution < -0.4 is 5.32 Å². The molecule has 3 heteroatoms. The first kappa shape index (κ1) is 13.9. The largest absolute Gasteiger partial charge is 0.314 e. The molecule has 1 fully saturated rings. The van der Waals surface area contributed by atoms with Gasteiger partial charge in [0, 0.05) is 26.2 Å². The Labute approximate surface area is 135 Å². The van der Waals surface area contributed by atoms with E-state index in [1.54, 1.807) is 11.3 Å². The first-order valence-corrected chi connectivity index (χ1v) is 8.82. The van der Waals surface area contributed by atoms with E-state index in [0.29, 0.717) is 6.04 Å². The van der Waals surface area contributed by atoms with Crippen LogP contribution in [0, 0.1) is 0 Å². The normalized spacial score (nSPS) is 17.6. The van der Waals surface area contributed by atoms with E-state index < -0.39 is 0 Å². The maximum absolute atomic E-state index is 3.46. The second kappa shape index (κ2) is 6.21. The van der Waals surface area contributed by atoms with Crippen molar-refractivity contribution in [2.45, 2.75) is 6.04 Å². The van der Waals surface area contributed by atoms with Crippen molar-refractivity contribution in [3.63, 3.8) is 0 Å². The Bertz CT molecular complexity index is 745. The molecule has 1 saturated heterocycles. The van der Waals surface area contributed by atoms with Gasteiger partial charge in [0.05, 0.1) is 6.04 Å². The van der Waals surface area contributed by atoms with Crippen molar-refractivity contribution in [2.75, 3.05) is 26.2 Å². The highest BCUT2D eigenvalue weighted by Gasteiger charge is 2.24. The zero-order valence-electron chi connectivity index (χ0n) is 12.5. The molecule has 0 spiro atoms. The Morgan fingerprint density at radius 1 is 0.909 bits per heavy atom. The molecular formula is C19H20N2S. The molecule has 0 radical (unpaired) electrons. The summed E-state index contributed by atoms with van der Waals surface area (Å²) >= 11 is 1.79. The summed E-state index contributed by atoms with van der Waals surface area (Å²) in [4.78, 5) is 2.60. The molecule has 1 unspecified atom stereocenters. The summed E-state index contributed by atoms with van der Waals surface area (Å²) in [7, 11) is 0. The summed E-state index contributed by atoms with van der Waals surface area (Å²) in [5.74, 6) is 0. The van der Waals surface area contributed by atoms with Gasteiger partial charge in [0.1, 0.15) is 0 Å². The molecule has 2 aromatic carbocycles. The molecule has 2 nitrogen and oxygen atoms in total. The third-order valence-corrected chi connectivity index (χ3v) is 5.17. The minimum absolute atomic E-state index is 0.373. The van der Waals surface area contributed by atoms with Gasteiger partial charge in [-0.1, -0.05) is 36.4 Å². The van der Waals surface area contributed by atoms with Gasteiger partial charge in [0.25, 0.3) is 0 Å². The number of benzene rings is 2. The Hall–Kier alpha value is -1.68. The van der Waals surface area contributed by atoms with Crippen LogP contribution in [0.3, 0.4) is 0 Å². The number of hydrogen-bond acceptors (Lipinski definition) is 3. The first-order valence-electron chi connectivity index (χ1n) is 7.87. The molecule has 1 aromatic heterocycles. The van der Waals surface area contributed by atoms with Crippen LogP contribution in [0.4, 0.5) is 0 Å². The van der Waals surface area contributed by atoms with Gasteiger partial charge in [-0.05, 0) is 44.8 Å². The molecule has 1 atom stereocenters. The molecule has 1 N–H and O–H groups in total. The molecule has 2 heterocycles. The van der Waals surface area contributed by atoms with E-state index in [2.05, 4.69) is 69.5 Å². The van der Waals surface area contributed by atoms with E-state index in [1.165, 1.54) is 21.9 Å². The summed E-state index contributed by atoms with van der Waals surface area (Å²) < 4.78 is 0. The van der Waals surface area contributed by atoms with Gasteiger partial charge in [-0.25, -0.2) is 0 Å². The minimum atomic E-state index is 0.373. The third kappa shape index (κ3) is 2.68. The fourth-order valence-electron chi connectivity index (χ4n) is 3.36. The SMILES string of the molecule is c1ccc2cc(C(c3ccsc3)N3CCNCC3)ccc2c1. The van der Waals surface area contributed by atoms with E-state index in [9.17, 15) is 0 Å². The molecule has 3 aromatic rings. The Morgan fingerprint density at radius 3 is 2.50 bits per heavy atom. The van der Waals surface area contributed by atoms with Crippen molar-refractivity contribution in [1.29, 1.82) is 0 Å². The van der Waals surface area contributed by atoms with Crippen molar-refractivity contribution in [1.82, 2.24) is 10.2 Å². The molecule has 0 saturated carbocycles. The van der Waals surface area contributed by atoms with Crippen LogP contribution in [0.2, 0.25) is 0 Å². The van der Waals surface area contributed by atoms with Gasteiger partial charge < -0.3 is 5.32 Å². The van der Waals surface area contributed by atoms with Crippen molar-refractivity contribution < 1.29 is 0 Å². The van der Waals surface area contributed by atoms with E-state index >= 15 is 0 Å². The maximum Gasteiger partial charge on any atom is 0.0611 e. The van der Waals surface area contributed by atoms with Crippen LogP contribution in [-0.4, -0.2) is 31.1 Å². The third-order valence-electron chi connectivity index (χ3n) is 4.46. The van der Waals surface area contributed by atoms with Crippen molar-refractivity contribution in [3.8, 4) is 0 Å². The number of thiophene rings is 1. The van der Waals surface area contributed by atoms with Crippen molar-refractivity contribution >= 4 is 22.1 Å². The monoisotopic (exact) mass is 308 g/mol. The number of fused-ring (bicyclic) bond motifs is 1. The smallest absolute Gasteiger partial charge is 0.0611 e. The summed E-state index contributed by atoms with van der Waals surface area (Å²) in [6, 6.07) is 18.2. The van der Waals surface area contributed by atoms with Crippen molar-refractivity contribution in [2.24, 2.45) is 0 Å². The summed E-state index contributed by atoms with van der Waals surface area (Å²) in [6.07, 6.45) is 0. The standard InChI is InChI=1S/C19H20N2S/c1-2-4-16-13-17(6-5-15(16)3-1)19(18-7-12-22-14-18)21-10-8-20-9-11-21/h1-7,12-14,19-20H,8-11H2. The van der Waals surface area contributed by atoms with Gasteiger partial charge in [-0.3, -0.25) is 4.90 Å². The van der Waals surface area contributed by atoms with Crippen LogP contribution in [-0.2, 0) is 0 Å². The molecular weight excluding hydrogens is 288 g/mol. The Morgan fingerprint density at radius 2 is 1.73 bits per heavy atom. The van der Waals surface area contributed by atoms with Crippen LogP contribution in [0.15, 0.2) is 59.3 Å². The lowest BCUT2D eigenvalue weighted by molar-refractivity contribution is 0.199. The van der Waals surface area contributed by atoms with Gasteiger partial charge in [0.15, 0.2) is 0 Å². The van der Waals surface area contributed by atoms with E-state index in [1.807, 2.05) is 0 Å². The quantitative estimate of drug-likeness (QED) is 0.789. The van der Waals surface area contributed by atoms with E-state index in [-0.39, 0.29) is 0 Å². The fraction of sp³-hybridized carbons (Fsp3) is 0.263. The van der Waals surface area contributed by atoms with Gasteiger partial charge in [0.2, 0.25) is 0 Å². The second-order valence-electron chi connectivity index (χ2n) is 5.85. The van der Waals surface area contributed by atoms with E-state index in [4.69, 9.17) is 0 Å². The van der Waals surface area contributed by atoms with Crippen LogP contribution in [0.5, 0.6) is 0 Å². The zero-order chi connectivity index (χ0) is 14.8. The minimum Gasteiger partial charge on any atom is -0.314 e. The van der Waals surface area contributed by atoms with Crippen LogP contribution in [0.25, 0.3) is 10.8 Å². The lowest BCUT2D eigenvalue weighted by Gasteiger charge is -2.35. The van der Waals surface area contributed by atoms with E-state index in [0.717, 1.165) is 26.2 Å². The highest BCUT2D eigenvalue weighted by molar-refractivity contribution is 7.08. The number of hydrogen-bond donors (Lipinski definition) is 1. The van der Waals surface area contributed by atoms with Crippen LogP contribution in [0.1, 0.15) is 17.2 Å². The summed E-state index contributed by atoms with van der Waals surface area (Å²) in [5.41, 5.74) is 2.82. The summed E-state index contributed by atoms with van der Waals surface area (Å²) in [6.45, 7) is 4.36. The molecule has 22 heavy (non-hydrogen) atoms. The lowest BCUT2D eigenvalue weighted by Crippen LogP contribution is -2.45. The average molecular weight is 308 g/mol. The predicted octanol–water partition coefficient (Wildman–Crippen LogP) is 3.90. The predicted molar refractivity (Wildman–Crippen MR) is 94.6 cm³/mol. The molecule has 1 aliphatic rings. The molecule has 112 valence electrons. The number of piperazine rings is 1. The first-order chi connectivity index (χ1) is 10.9. The zero-order valence-corrected chi connectivity index (χ0v) is 13.4. The Balaban J connectivity index is 1.78. The second-order valence-corrected chi connectivity index (χ2v) is 6.63. The maximum atomic E-state index is 3.46.